The van der Waals surface area contributed by atoms with Gasteiger partial charge >= 0.3 is 0 Å². The first-order chi connectivity index (χ1) is 10.1. The first-order valence-corrected chi connectivity index (χ1v) is 6.92. The molecule has 0 fully saturated rings. The normalized spacial score (nSPS) is 10.7. The molecule has 2 rings (SSSR count). The van der Waals surface area contributed by atoms with Crippen LogP contribution in [0.3, 0.4) is 0 Å². The predicted octanol–water partition coefficient (Wildman–Crippen LogP) is 2.07. The minimum atomic E-state index is 0.504. The van der Waals surface area contributed by atoms with Crippen LogP contribution in [0.1, 0.15) is 17.0 Å². The Morgan fingerprint density at radius 1 is 1.24 bits per heavy atom. The molecule has 114 valence electrons. The van der Waals surface area contributed by atoms with Gasteiger partial charge in [0.1, 0.15) is 6.61 Å². The summed E-state index contributed by atoms with van der Waals surface area (Å²) >= 11 is 0. The smallest absolute Gasteiger partial charge is 0.213 e. The molecule has 0 aliphatic heterocycles. The molecule has 0 aliphatic carbocycles. The van der Waals surface area contributed by atoms with Crippen LogP contribution in [0, 0.1) is 13.8 Å². The second kappa shape index (κ2) is 7.08. The van der Waals surface area contributed by atoms with Crippen molar-refractivity contribution in [1.29, 1.82) is 0 Å². The van der Waals surface area contributed by atoms with Crippen molar-refractivity contribution in [2.45, 2.75) is 20.4 Å². The molecular weight excluding hydrogens is 268 g/mol. The van der Waals surface area contributed by atoms with E-state index in [2.05, 4.69) is 22.3 Å². The monoisotopic (exact) mass is 290 g/mol. The zero-order chi connectivity index (χ0) is 15.2. The standard InChI is InChI=1S/C15H22N4O2/c1-11-14(12(2)19(3)18-11)10-16-13-5-6-15(17-9-13)21-8-7-20-4/h5-6,9,16H,7-8,10H2,1-4H3. The largest absolute Gasteiger partial charge is 0.475 e. The maximum absolute atomic E-state index is 5.43. The van der Waals surface area contributed by atoms with Crippen LogP contribution in [-0.4, -0.2) is 35.1 Å². The van der Waals surface area contributed by atoms with Crippen LogP contribution in [0.15, 0.2) is 18.3 Å². The Balaban J connectivity index is 1.91. The van der Waals surface area contributed by atoms with Crippen molar-refractivity contribution in [1.82, 2.24) is 14.8 Å². The molecule has 2 heterocycles. The summed E-state index contributed by atoms with van der Waals surface area (Å²) in [6, 6.07) is 3.80. The summed E-state index contributed by atoms with van der Waals surface area (Å²) in [7, 11) is 3.60. The van der Waals surface area contributed by atoms with E-state index in [9.17, 15) is 0 Å². The van der Waals surface area contributed by atoms with Gasteiger partial charge in [0.05, 0.1) is 24.2 Å². The lowest BCUT2D eigenvalue weighted by molar-refractivity contribution is 0.144. The number of anilines is 1. The molecule has 0 bridgehead atoms. The number of aryl methyl sites for hydroxylation is 2. The van der Waals surface area contributed by atoms with E-state index < -0.39 is 0 Å². The minimum absolute atomic E-state index is 0.504. The van der Waals surface area contributed by atoms with E-state index in [4.69, 9.17) is 9.47 Å². The van der Waals surface area contributed by atoms with Crippen LogP contribution in [0.4, 0.5) is 5.69 Å². The van der Waals surface area contributed by atoms with Gasteiger partial charge in [0.25, 0.3) is 0 Å². The summed E-state index contributed by atoms with van der Waals surface area (Å²) in [5.74, 6) is 0.603. The quantitative estimate of drug-likeness (QED) is 0.791. The predicted molar refractivity (Wildman–Crippen MR) is 81.6 cm³/mol. The average Bonchev–Trinajstić information content (AvgIpc) is 2.72. The van der Waals surface area contributed by atoms with E-state index in [0.717, 1.165) is 17.9 Å². The van der Waals surface area contributed by atoms with Gasteiger partial charge in [0.15, 0.2) is 0 Å². The number of hydrogen-bond acceptors (Lipinski definition) is 5. The average molecular weight is 290 g/mol. The Kier molecular flexibility index (Phi) is 5.16. The van der Waals surface area contributed by atoms with Gasteiger partial charge in [-0.1, -0.05) is 0 Å². The van der Waals surface area contributed by atoms with Gasteiger partial charge < -0.3 is 14.8 Å². The highest BCUT2D eigenvalue weighted by molar-refractivity contribution is 5.43. The van der Waals surface area contributed by atoms with Gasteiger partial charge in [0, 0.05) is 38.0 Å². The molecule has 0 aliphatic rings. The molecule has 0 aromatic carbocycles. The Morgan fingerprint density at radius 2 is 2.05 bits per heavy atom. The number of nitrogens with one attached hydrogen (secondary N) is 1. The number of aromatic nitrogens is 3. The second-order valence-electron chi connectivity index (χ2n) is 4.85. The molecule has 2 aromatic heterocycles. The Bertz CT molecular complexity index is 578. The first-order valence-electron chi connectivity index (χ1n) is 6.92. The van der Waals surface area contributed by atoms with Crippen molar-refractivity contribution < 1.29 is 9.47 Å². The zero-order valence-corrected chi connectivity index (χ0v) is 13.0. The third-order valence-corrected chi connectivity index (χ3v) is 3.40. The molecule has 21 heavy (non-hydrogen) atoms. The highest BCUT2D eigenvalue weighted by atomic mass is 16.5. The van der Waals surface area contributed by atoms with Gasteiger partial charge in [-0.25, -0.2) is 4.98 Å². The van der Waals surface area contributed by atoms with E-state index >= 15 is 0 Å². The molecule has 6 nitrogen and oxygen atoms in total. The van der Waals surface area contributed by atoms with Crippen LogP contribution in [0.25, 0.3) is 0 Å². The van der Waals surface area contributed by atoms with Gasteiger partial charge in [-0.05, 0) is 19.9 Å². The molecule has 0 spiro atoms. The molecule has 0 amide bonds. The molecular formula is C15H22N4O2. The molecule has 1 N–H and O–H groups in total. The van der Waals surface area contributed by atoms with Crippen molar-refractivity contribution in [2.75, 3.05) is 25.6 Å². The van der Waals surface area contributed by atoms with Gasteiger partial charge in [0.2, 0.25) is 5.88 Å². The highest BCUT2D eigenvalue weighted by Crippen LogP contribution is 2.16. The summed E-state index contributed by atoms with van der Waals surface area (Å²) in [6.45, 7) is 5.89. The van der Waals surface area contributed by atoms with Crippen molar-refractivity contribution >= 4 is 5.69 Å². The number of rotatable bonds is 7. The van der Waals surface area contributed by atoms with Crippen LogP contribution in [-0.2, 0) is 18.3 Å². The zero-order valence-electron chi connectivity index (χ0n) is 13.0. The first kappa shape index (κ1) is 15.3. The lowest BCUT2D eigenvalue weighted by Crippen LogP contribution is -2.06. The summed E-state index contributed by atoms with van der Waals surface area (Å²) in [4.78, 5) is 4.25. The summed E-state index contributed by atoms with van der Waals surface area (Å²) in [5.41, 5.74) is 4.40. The van der Waals surface area contributed by atoms with Crippen molar-refractivity contribution in [3.05, 3.63) is 35.3 Å². The molecule has 0 saturated heterocycles. The van der Waals surface area contributed by atoms with E-state index in [1.165, 1.54) is 11.3 Å². The third-order valence-electron chi connectivity index (χ3n) is 3.40. The SMILES string of the molecule is COCCOc1ccc(NCc2c(C)nn(C)c2C)cn1. The van der Waals surface area contributed by atoms with Gasteiger partial charge in [-0.3, -0.25) is 4.68 Å². The van der Waals surface area contributed by atoms with E-state index in [-0.39, 0.29) is 0 Å². The van der Waals surface area contributed by atoms with Crippen LogP contribution in [0.5, 0.6) is 5.88 Å². The topological polar surface area (TPSA) is 61.2 Å². The van der Waals surface area contributed by atoms with Gasteiger partial charge in [-0.15, -0.1) is 0 Å². The number of hydrogen-bond donors (Lipinski definition) is 1. The fourth-order valence-corrected chi connectivity index (χ4v) is 2.06. The third kappa shape index (κ3) is 3.95. The Morgan fingerprint density at radius 3 is 2.62 bits per heavy atom. The van der Waals surface area contributed by atoms with E-state index in [0.29, 0.717) is 19.1 Å². The van der Waals surface area contributed by atoms with Crippen LogP contribution in [0.2, 0.25) is 0 Å². The number of ether oxygens (including phenoxy) is 2. The Labute approximate surface area is 125 Å². The van der Waals surface area contributed by atoms with E-state index in [1.54, 1.807) is 13.3 Å². The maximum Gasteiger partial charge on any atom is 0.213 e. The lowest BCUT2D eigenvalue weighted by Gasteiger charge is -2.08. The second-order valence-corrected chi connectivity index (χ2v) is 4.85. The summed E-state index contributed by atoms with van der Waals surface area (Å²) < 4.78 is 12.3. The minimum Gasteiger partial charge on any atom is -0.475 e. The van der Waals surface area contributed by atoms with Crippen LogP contribution < -0.4 is 10.1 Å². The maximum atomic E-state index is 5.43. The summed E-state index contributed by atoms with van der Waals surface area (Å²) in [6.07, 6.45) is 1.77. The van der Waals surface area contributed by atoms with Gasteiger partial charge in [-0.2, -0.15) is 5.10 Å². The highest BCUT2D eigenvalue weighted by Gasteiger charge is 2.08. The van der Waals surface area contributed by atoms with Crippen LogP contribution >= 0.6 is 0 Å². The number of pyridine rings is 1. The van der Waals surface area contributed by atoms with Crippen molar-refractivity contribution in [3.8, 4) is 5.88 Å². The van der Waals surface area contributed by atoms with E-state index in [1.807, 2.05) is 30.8 Å². The number of nitrogens with zero attached hydrogens (tertiary/aromatic N) is 3. The molecule has 2 aromatic rings. The fraction of sp³-hybridized carbons (Fsp3) is 0.467. The Hall–Kier alpha value is -2.08. The molecule has 6 heteroatoms. The van der Waals surface area contributed by atoms with Crippen molar-refractivity contribution in [2.24, 2.45) is 7.05 Å². The number of methoxy groups -OCH3 is 1. The molecule has 0 unspecified atom stereocenters. The van der Waals surface area contributed by atoms with Crippen molar-refractivity contribution in [3.63, 3.8) is 0 Å². The molecule has 0 saturated carbocycles. The summed E-state index contributed by atoms with van der Waals surface area (Å²) in [5, 5.41) is 7.76. The molecule has 0 atom stereocenters. The molecule has 0 radical (unpaired) electrons. The fourth-order valence-electron chi connectivity index (χ4n) is 2.06. The lowest BCUT2D eigenvalue weighted by atomic mass is 10.2.